The largest absolute Gasteiger partial charge is 0.511 e. The van der Waals surface area contributed by atoms with Crippen molar-refractivity contribution in [1.29, 1.82) is 0 Å². The topological polar surface area (TPSA) is 134 Å². The second-order valence-electron chi connectivity index (χ2n) is 10.3. The Morgan fingerprint density at radius 2 is 1.79 bits per heavy atom. The van der Waals surface area contributed by atoms with Crippen LogP contribution in [0.25, 0.3) is 28.1 Å². The van der Waals surface area contributed by atoms with Gasteiger partial charge in [0, 0.05) is 31.5 Å². The molecule has 1 N–H and O–H groups in total. The normalized spacial score (nSPS) is 14.5. The van der Waals surface area contributed by atoms with E-state index in [1.165, 1.54) is 13.0 Å². The number of hydrogen-bond acceptors (Lipinski definition) is 9. The fraction of sp³-hybridized carbons (Fsp3) is 0.375. The van der Waals surface area contributed by atoms with E-state index in [9.17, 15) is 9.59 Å². The van der Waals surface area contributed by atoms with Gasteiger partial charge in [0.15, 0.2) is 5.82 Å². The highest BCUT2D eigenvalue weighted by Crippen LogP contribution is 2.33. The maximum absolute atomic E-state index is 12.9. The lowest BCUT2D eigenvalue weighted by molar-refractivity contribution is -0.161. The Kier molecular flexibility index (Phi) is 9.60. The molecule has 4 aromatic rings. The quantitative estimate of drug-likeness (QED) is 0.105. The van der Waals surface area contributed by atoms with Crippen molar-refractivity contribution < 1.29 is 23.8 Å². The number of nitrogens with zero attached hydrogens (tertiary/aromatic N) is 5. The molecule has 0 saturated carbocycles. The highest BCUT2D eigenvalue weighted by atomic mass is 16.8. The third-order valence-electron chi connectivity index (χ3n) is 7.24. The van der Waals surface area contributed by atoms with Crippen LogP contribution in [0.5, 0.6) is 0 Å². The summed E-state index contributed by atoms with van der Waals surface area (Å²) in [6.07, 6.45) is 4.83. The van der Waals surface area contributed by atoms with Gasteiger partial charge in [-0.15, -0.1) is 5.10 Å². The lowest BCUT2D eigenvalue weighted by Crippen LogP contribution is -2.21. The molecule has 2 aromatic heterocycles. The van der Waals surface area contributed by atoms with E-state index in [1.807, 2.05) is 18.2 Å². The molecule has 0 radical (unpaired) electrons. The molecule has 0 bridgehead atoms. The lowest BCUT2D eigenvalue weighted by atomic mass is 9.98. The highest BCUT2D eigenvalue weighted by Gasteiger charge is 2.24. The van der Waals surface area contributed by atoms with Crippen LogP contribution in [0.3, 0.4) is 0 Å². The van der Waals surface area contributed by atoms with Crippen LogP contribution in [0.4, 0.5) is 4.79 Å². The number of allylic oxidation sites excluding steroid dienone is 1. The van der Waals surface area contributed by atoms with Gasteiger partial charge in [-0.1, -0.05) is 55.5 Å². The molecule has 0 saturated heterocycles. The first-order chi connectivity index (χ1) is 21.0. The van der Waals surface area contributed by atoms with E-state index in [0.29, 0.717) is 12.4 Å². The summed E-state index contributed by atoms with van der Waals surface area (Å²) in [5.74, 6) is 1.04. The maximum Gasteiger partial charge on any atom is 0.511 e. The van der Waals surface area contributed by atoms with Gasteiger partial charge in [-0.3, -0.25) is 0 Å². The van der Waals surface area contributed by atoms with Crippen molar-refractivity contribution in [1.82, 2.24) is 30.2 Å². The zero-order chi connectivity index (χ0) is 30.2. The number of fused-ring (bicyclic) bond motifs is 1. The molecule has 2 aromatic carbocycles. The van der Waals surface area contributed by atoms with Crippen LogP contribution in [0.2, 0.25) is 0 Å². The zero-order valence-electron chi connectivity index (χ0n) is 24.7. The van der Waals surface area contributed by atoms with Gasteiger partial charge >= 0.3 is 12.1 Å². The van der Waals surface area contributed by atoms with Crippen LogP contribution in [0.1, 0.15) is 69.2 Å². The zero-order valence-corrected chi connectivity index (χ0v) is 24.7. The number of hydrogen-bond donors (Lipinski definition) is 1. The number of aromatic nitrogens is 6. The molecule has 11 heteroatoms. The van der Waals surface area contributed by atoms with Gasteiger partial charge in [-0.25, -0.2) is 19.7 Å². The number of H-pyrrole nitrogens is 1. The maximum atomic E-state index is 12.9. The molecule has 0 aliphatic heterocycles. The van der Waals surface area contributed by atoms with Gasteiger partial charge < -0.3 is 18.8 Å². The summed E-state index contributed by atoms with van der Waals surface area (Å²) in [4.78, 5) is 29.6. The van der Waals surface area contributed by atoms with Crippen molar-refractivity contribution in [2.45, 2.75) is 72.1 Å². The molecule has 1 atom stereocenters. The number of rotatable bonds is 10. The highest BCUT2D eigenvalue weighted by molar-refractivity contribution is 5.91. The average Bonchev–Trinajstić information content (AvgIpc) is 3.59. The van der Waals surface area contributed by atoms with Crippen LogP contribution < -0.4 is 0 Å². The number of nitrogens with one attached hydrogen (secondary N) is 1. The van der Waals surface area contributed by atoms with Gasteiger partial charge in [0.05, 0.1) is 18.0 Å². The third kappa shape index (κ3) is 7.17. The predicted octanol–water partition coefficient (Wildman–Crippen LogP) is 5.90. The number of carbonyl (C=O) groups excluding carboxylic acids is 2. The Hall–Kier alpha value is -4.80. The predicted molar refractivity (Wildman–Crippen MR) is 160 cm³/mol. The second kappa shape index (κ2) is 13.9. The number of imidazole rings is 1. The number of benzene rings is 2. The van der Waals surface area contributed by atoms with E-state index in [1.54, 1.807) is 6.92 Å². The summed E-state index contributed by atoms with van der Waals surface area (Å²) in [6, 6.07) is 16.5. The van der Waals surface area contributed by atoms with Crippen LogP contribution in [-0.2, 0) is 38.4 Å². The summed E-state index contributed by atoms with van der Waals surface area (Å²) in [5, 5.41) is 14.4. The Morgan fingerprint density at radius 3 is 2.51 bits per heavy atom. The lowest BCUT2D eigenvalue weighted by Gasteiger charge is -2.16. The van der Waals surface area contributed by atoms with Crippen molar-refractivity contribution >= 4 is 17.7 Å². The summed E-state index contributed by atoms with van der Waals surface area (Å²) >= 11 is 0. The molecule has 1 aliphatic carbocycles. The molecule has 0 fully saturated rings. The minimum Gasteiger partial charge on any atom is -0.435 e. The van der Waals surface area contributed by atoms with Crippen molar-refractivity contribution in [3.63, 3.8) is 0 Å². The molecule has 0 spiro atoms. The number of aromatic amines is 1. The standard InChI is InChI=1S/C32H36N6O5/c1-4-10-28-33-27-14-9-6-11-24(19-29(39)42-21(3)43-32(40)41-5-2)30(27)38(28)20-22-15-17-23(18-16-22)25-12-7-8-13-26(25)31-34-36-37-35-31/h7-8,12-13,15-19,21H,4-6,9-11,14,20H2,1-3H3,(H,34,35,36,37). The van der Waals surface area contributed by atoms with E-state index in [4.69, 9.17) is 19.2 Å². The van der Waals surface area contributed by atoms with Crippen molar-refractivity contribution in [3.8, 4) is 22.5 Å². The Balaban J connectivity index is 1.42. The van der Waals surface area contributed by atoms with E-state index in [-0.39, 0.29) is 6.61 Å². The minimum absolute atomic E-state index is 0.173. The average molecular weight is 585 g/mol. The number of aryl methyl sites for hydroxylation is 2. The summed E-state index contributed by atoms with van der Waals surface area (Å²) in [6.45, 7) is 6.08. The number of esters is 1. The monoisotopic (exact) mass is 584 g/mol. The Bertz CT molecular complexity index is 1580. The van der Waals surface area contributed by atoms with E-state index >= 15 is 0 Å². The summed E-state index contributed by atoms with van der Waals surface area (Å²) < 4.78 is 17.4. The fourth-order valence-electron chi connectivity index (χ4n) is 5.38. The van der Waals surface area contributed by atoms with Gasteiger partial charge in [-0.2, -0.15) is 0 Å². The minimum atomic E-state index is -1.07. The van der Waals surface area contributed by atoms with Crippen LogP contribution in [0, 0.1) is 0 Å². The molecule has 1 aliphatic rings. The fourth-order valence-corrected chi connectivity index (χ4v) is 5.38. The van der Waals surface area contributed by atoms with E-state index in [0.717, 1.165) is 83.6 Å². The van der Waals surface area contributed by atoms with E-state index in [2.05, 4.69) is 62.4 Å². The first kappa shape index (κ1) is 29.7. The number of ether oxygens (including phenoxy) is 3. The molecule has 11 nitrogen and oxygen atoms in total. The van der Waals surface area contributed by atoms with Crippen molar-refractivity contribution in [3.05, 3.63) is 77.4 Å². The third-order valence-corrected chi connectivity index (χ3v) is 7.24. The van der Waals surface area contributed by atoms with Crippen LogP contribution in [-0.4, -0.2) is 55.2 Å². The number of tetrazole rings is 1. The first-order valence-corrected chi connectivity index (χ1v) is 14.7. The van der Waals surface area contributed by atoms with Gasteiger partial charge in [0.2, 0.25) is 6.29 Å². The molecule has 5 rings (SSSR count). The van der Waals surface area contributed by atoms with Gasteiger partial charge in [0.25, 0.3) is 0 Å². The van der Waals surface area contributed by atoms with Crippen LogP contribution in [0.15, 0.2) is 54.6 Å². The first-order valence-electron chi connectivity index (χ1n) is 14.7. The summed E-state index contributed by atoms with van der Waals surface area (Å²) in [5.41, 5.74) is 6.97. The van der Waals surface area contributed by atoms with Crippen molar-refractivity contribution in [2.24, 2.45) is 0 Å². The smallest absolute Gasteiger partial charge is 0.435 e. The molecule has 43 heavy (non-hydrogen) atoms. The number of carbonyl (C=O) groups is 2. The SMILES string of the molecule is CCCc1nc2c(n1Cc1ccc(-c3ccccc3-c3nnn[nH]3)cc1)C(=CC(=O)OC(C)OC(=O)OCC)CCCC2. The molecule has 2 heterocycles. The summed E-state index contributed by atoms with van der Waals surface area (Å²) in [7, 11) is 0. The van der Waals surface area contributed by atoms with E-state index < -0.39 is 18.4 Å². The molecular weight excluding hydrogens is 548 g/mol. The molecular formula is C32H36N6O5. The molecule has 224 valence electrons. The Morgan fingerprint density at radius 1 is 1.02 bits per heavy atom. The molecule has 1 unspecified atom stereocenters. The van der Waals surface area contributed by atoms with Gasteiger partial charge in [0.1, 0.15) is 5.82 Å². The molecule has 0 amide bonds. The van der Waals surface area contributed by atoms with Crippen molar-refractivity contribution in [2.75, 3.05) is 6.61 Å². The second-order valence-corrected chi connectivity index (χ2v) is 10.3. The Labute approximate surface area is 250 Å². The van der Waals surface area contributed by atoms with Gasteiger partial charge in [-0.05, 0) is 71.7 Å². The van der Waals surface area contributed by atoms with Crippen LogP contribution >= 0.6 is 0 Å².